The maximum Gasteiger partial charge on any atom is 0.223 e. The van der Waals surface area contributed by atoms with Gasteiger partial charge in [0, 0.05) is 24.4 Å². The van der Waals surface area contributed by atoms with Crippen LogP contribution in [0.3, 0.4) is 0 Å². The van der Waals surface area contributed by atoms with E-state index in [2.05, 4.69) is 11.4 Å². The molecule has 0 spiro atoms. The van der Waals surface area contributed by atoms with Crippen molar-refractivity contribution in [1.82, 2.24) is 4.90 Å². The highest BCUT2D eigenvalue weighted by Crippen LogP contribution is 2.24. The Morgan fingerprint density at radius 3 is 3.00 bits per heavy atom. The third-order valence-corrected chi connectivity index (χ3v) is 4.75. The highest BCUT2D eigenvalue weighted by atomic mass is 32.1. The minimum Gasteiger partial charge on any atom is -0.338 e. The third kappa shape index (κ3) is 2.75. The van der Waals surface area contributed by atoms with E-state index < -0.39 is 0 Å². The fourth-order valence-corrected chi connectivity index (χ4v) is 3.45. The van der Waals surface area contributed by atoms with Gasteiger partial charge in [-0.2, -0.15) is 0 Å². The molecule has 0 saturated carbocycles. The molecule has 1 aliphatic heterocycles. The second kappa shape index (κ2) is 5.75. The summed E-state index contributed by atoms with van der Waals surface area (Å²) in [4.78, 5) is 15.5. The first-order chi connectivity index (χ1) is 9.74. The molecule has 2 nitrogen and oxygen atoms in total. The molecule has 2 heterocycles. The second-order valence-corrected chi connectivity index (χ2v) is 6.03. The molecule has 1 aliphatic rings. The number of benzene rings is 1. The standard InChI is InChI=1S/C16H16FNOS/c17-14-4-2-1-3-12(14)5-6-16(19)18-9-7-15-13(11-18)8-10-20-15/h1-4,8,10H,5-7,9,11H2. The molecule has 1 aromatic heterocycles. The summed E-state index contributed by atoms with van der Waals surface area (Å²) < 4.78 is 13.5. The lowest BCUT2D eigenvalue weighted by molar-refractivity contribution is -0.132. The Morgan fingerprint density at radius 2 is 2.15 bits per heavy atom. The molecule has 104 valence electrons. The van der Waals surface area contributed by atoms with E-state index in [1.165, 1.54) is 16.5 Å². The number of aryl methyl sites for hydroxylation is 1. The topological polar surface area (TPSA) is 20.3 Å². The van der Waals surface area contributed by atoms with Crippen LogP contribution in [0.1, 0.15) is 22.4 Å². The number of carbonyl (C=O) groups is 1. The predicted octanol–water partition coefficient (Wildman–Crippen LogP) is 3.40. The Bertz CT molecular complexity index is 622. The Labute approximate surface area is 121 Å². The summed E-state index contributed by atoms with van der Waals surface area (Å²) >= 11 is 1.76. The van der Waals surface area contributed by atoms with Crippen molar-refractivity contribution in [3.05, 3.63) is 57.5 Å². The summed E-state index contributed by atoms with van der Waals surface area (Å²) in [6, 6.07) is 8.76. The van der Waals surface area contributed by atoms with Crippen LogP contribution in [0.2, 0.25) is 0 Å². The van der Waals surface area contributed by atoms with E-state index in [9.17, 15) is 9.18 Å². The highest BCUT2D eigenvalue weighted by molar-refractivity contribution is 7.10. The molecule has 0 aliphatic carbocycles. The van der Waals surface area contributed by atoms with Crippen LogP contribution < -0.4 is 0 Å². The summed E-state index contributed by atoms with van der Waals surface area (Å²) in [5.74, 6) is -0.107. The Morgan fingerprint density at radius 1 is 1.30 bits per heavy atom. The first-order valence-electron chi connectivity index (χ1n) is 6.80. The van der Waals surface area contributed by atoms with E-state index in [0.717, 1.165) is 13.0 Å². The van der Waals surface area contributed by atoms with Gasteiger partial charge in [0.05, 0.1) is 0 Å². The molecule has 0 bridgehead atoms. The van der Waals surface area contributed by atoms with Gasteiger partial charge in [0.15, 0.2) is 0 Å². The van der Waals surface area contributed by atoms with Crippen molar-refractivity contribution < 1.29 is 9.18 Å². The van der Waals surface area contributed by atoms with Crippen molar-refractivity contribution in [1.29, 1.82) is 0 Å². The molecule has 0 N–H and O–H groups in total. The third-order valence-electron chi connectivity index (χ3n) is 3.73. The maximum atomic E-state index is 13.5. The van der Waals surface area contributed by atoms with Crippen molar-refractivity contribution in [2.75, 3.05) is 6.54 Å². The highest BCUT2D eigenvalue weighted by Gasteiger charge is 2.21. The number of nitrogens with zero attached hydrogens (tertiary/aromatic N) is 1. The van der Waals surface area contributed by atoms with Crippen LogP contribution in [0, 0.1) is 5.82 Å². The molecule has 0 saturated heterocycles. The van der Waals surface area contributed by atoms with E-state index in [-0.39, 0.29) is 11.7 Å². The molecular formula is C16H16FNOS. The largest absolute Gasteiger partial charge is 0.338 e. The Balaban J connectivity index is 1.59. The van der Waals surface area contributed by atoms with Gasteiger partial charge in [-0.25, -0.2) is 4.39 Å². The number of fused-ring (bicyclic) bond motifs is 1. The zero-order valence-electron chi connectivity index (χ0n) is 11.1. The average Bonchev–Trinajstić information content (AvgIpc) is 2.93. The lowest BCUT2D eigenvalue weighted by Crippen LogP contribution is -2.35. The fourth-order valence-electron chi connectivity index (χ4n) is 2.56. The smallest absolute Gasteiger partial charge is 0.223 e. The van der Waals surface area contributed by atoms with E-state index in [4.69, 9.17) is 0 Å². The number of amides is 1. The van der Waals surface area contributed by atoms with Crippen LogP contribution in [0.25, 0.3) is 0 Å². The van der Waals surface area contributed by atoms with Gasteiger partial charge in [0.1, 0.15) is 5.82 Å². The van der Waals surface area contributed by atoms with Crippen molar-refractivity contribution in [3.63, 3.8) is 0 Å². The van der Waals surface area contributed by atoms with Gasteiger partial charge >= 0.3 is 0 Å². The quantitative estimate of drug-likeness (QED) is 0.848. The molecule has 0 atom stereocenters. The first kappa shape index (κ1) is 13.3. The van der Waals surface area contributed by atoms with Crippen LogP contribution in [-0.2, 0) is 24.2 Å². The van der Waals surface area contributed by atoms with Crippen LogP contribution >= 0.6 is 11.3 Å². The van der Waals surface area contributed by atoms with Gasteiger partial charge < -0.3 is 4.90 Å². The minimum atomic E-state index is -0.223. The zero-order chi connectivity index (χ0) is 13.9. The van der Waals surface area contributed by atoms with Gasteiger partial charge in [-0.15, -0.1) is 11.3 Å². The minimum absolute atomic E-state index is 0.116. The number of halogens is 1. The Kier molecular flexibility index (Phi) is 3.83. The molecular weight excluding hydrogens is 273 g/mol. The molecule has 1 aromatic carbocycles. The van der Waals surface area contributed by atoms with Crippen molar-refractivity contribution in [2.24, 2.45) is 0 Å². The number of hydrogen-bond acceptors (Lipinski definition) is 2. The normalized spacial score (nSPS) is 14.2. The van der Waals surface area contributed by atoms with Gasteiger partial charge in [-0.05, 0) is 41.5 Å². The lowest BCUT2D eigenvalue weighted by Gasteiger charge is -2.27. The van der Waals surface area contributed by atoms with Crippen molar-refractivity contribution >= 4 is 17.2 Å². The summed E-state index contributed by atoms with van der Waals surface area (Å²) in [6.45, 7) is 1.48. The summed E-state index contributed by atoms with van der Waals surface area (Å²) in [5, 5.41) is 2.08. The van der Waals surface area contributed by atoms with Gasteiger partial charge in [-0.1, -0.05) is 18.2 Å². The van der Waals surface area contributed by atoms with Crippen LogP contribution in [0.4, 0.5) is 4.39 Å². The van der Waals surface area contributed by atoms with Crippen molar-refractivity contribution in [2.45, 2.75) is 25.8 Å². The van der Waals surface area contributed by atoms with Gasteiger partial charge in [0.2, 0.25) is 5.91 Å². The van der Waals surface area contributed by atoms with Crippen LogP contribution in [0.15, 0.2) is 35.7 Å². The molecule has 0 radical (unpaired) electrons. The summed E-state index contributed by atoms with van der Waals surface area (Å²) in [5.41, 5.74) is 1.88. The van der Waals surface area contributed by atoms with Gasteiger partial charge in [0.25, 0.3) is 0 Å². The molecule has 4 heteroatoms. The van der Waals surface area contributed by atoms with Crippen molar-refractivity contribution in [3.8, 4) is 0 Å². The second-order valence-electron chi connectivity index (χ2n) is 5.03. The molecule has 0 fully saturated rings. The predicted molar refractivity (Wildman–Crippen MR) is 78.2 cm³/mol. The molecule has 3 rings (SSSR count). The number of carbonyl (C=O) groups excluding carboxylic acids is 1. The Hall–Kier alpha value is -1.68. The molecule has 0 unspecified atom stereocenters. The number of hydrogen-bond donors (Lipinski definition) is 0. The van der Waals surface area contributed by atoms with E-state index >= 15 is 0 Å². The summed E-state index contributed by atoms with van der Waals surface area (Å²) in [6.07, 6.45) is 1.79. The van der Waals surface area contributed by atoms with Crippen LogP contribution in [-0.4, -0.2) is 17.4 Å². The monoisotopic (exact) mass is 289 g/mol. The fraction of sp³-hybridized carbons (Fsp3) is 0.312. The SMILES string of the molecule is O=C(CCc1ccccc1F)N1CCc2sccc2C1. The lowest BCUT2D eigenvalue weighted by atomic mass is 10.1. The summed E-state index contributed by atoms with van der Waals surface area (Å²) in [7, 11) is 0. The van der Waals surface area contributed by atoms with E-state index in [0.29, 0.717) is 24.9 Å². The zero-order valence-corrected chi connectivity index (χ0v) is 12.0. The molecule has 1 amide bonds. The molecule has 20 heavy (non-hydrogen) atoms. The van der Waals surface area contributed by atoms with E-state index in [1.54, 1.807) is 29.5 Å². The first-order valence-corrected chi connectivity index (χ1v) is 7.68. The molecule has 2 aromatic rings. The number of thiophene rings is 1. The van der Waals surface area contributed by atoms with E-state index in [1.807, 2.05) is 4.90 Å². The average molecular weight is 289 g/mol. The maximum absolute atomic E-state index is 13.5. The van der Waals surface area contributed by atoms with Crippen LogP contribution in [0.5, 0.6) is 0 Å². The number of rotatable bonds is 3. The van der Waals surface area contributed by atoms with Gasteiger partial charge in [-0.3, -0.25) is 4.79 Å².